The van der Waals surface area contributed by atoms with Crippen LogP contribution in [-0.2, 0) is 23.7 Å². The maximum absolute atomic E-state index is 16.8. The van der Waals surface area contributed by atoms with Crippen molar-refractivity contribution in [2.45, 2.75) is 96.4 Å². The van der Waals surface area contributed by atoms with Gasteiger partial charge in [0.15, 0.2) is 11.6 Å². The summed E-state index contributed by atoms with van der Waals surface area (Å²) in [4.78, 5) is 50.7. The Labute approximate surface area is 387 Å². The fourth-order valence-electron chi connectivity index (χ4n) is 11.6. The molecule has 7 aromatic rings. The number of nitrogens with zero attached hydrogens (tertiary/aromatic N) is 9. The molecule has 1 aliphatic carbocycles. The molecule has 2 saturated heterocycles. The number of hydrogen-bond acceptors (Lipinski definition) is 9. The number of aromatic amines is 1. The van der Waals surface area contributed by atoms with Crippen LogP contribution in [0.15, 0.2) is 58.0 Å². The number of aromatic nitrogens is 7. The number of aryl methyl sites for hydroxylation is 3. The van der Waals surface area contributed by atoms with Gasteiger partial charge in [0.1, 0.15) is 40.9 Å². The highest BCUT2D eigenvalue weighted by atomic mass is 19.1. The molecule has 346 valence electrons. The standard InChI is InChI=1S/C49H50F2N10O6/c1-24-14-31(15-25(2)40(24)50)61-43(58-22-32-23-65-38-18-36-33(21-52-56(36)7)41(51)42(38)59(32)47(58)64)39-27(4)57(12-10-34(39)54-61)44(62)37-17-30-16-28(29-11-13-66-48(5,6)20-29)8-9-35(30)60(37)49(19-26(49)3)45-53-46(63)67-55-45/h8-9,14-18,21,26-27,29,32H,10-13,19-20,22-23H2,1-7H3,(H,53,55,63)/t26-,27-,29-,32+,49-/m0/s1/i7D3. The number of hydrogen-bond donors (Lipinski definition) is 1. The SMILES string of the molecule is [2H]C([2H])([2H])n1ncc2c(F)c3c(cc21)OC[C@H]1CN(c2c4c(nn2-c2cc(C)c(F)c(C)c2)CCN(C(=O)c2cc5cc([C@H]6CCOC(C)(C)C6)ccc5n2[C@@]2(c5noc(=O)[nH]5)C[C@@H]2C)[C@H]4C)C(=O)N31. The van der Waals surface area contributed by atoms with Crippen LogP contribution in [0.25, 0.3) is 27.5 Å². The van der Waals surface area contributed by atoms with Crippen molar-refractivity contribution in [1.29, 1.82) is 0 Å². The number of benzene rings is 3. The second-order valence-electron chi connectivity index (χ2n) is 19.6. The second-order valence-corrected chi connectivity index (χ2v) is 19.6. The number of urea groups is 1. The van der Waals surface area contributed by atoms with Crippen LogP contribution in [-0.4, -0.2) is 89.1 Å². The van der Waals surface area contributed by atoms with Gasteiger partial charge in [0.2, 0.25) is 0 Å². The van der Waals surface area contributed by atoms with Crippen LogP contribution in [0.5, 0.6) is 5.75 Å². The van der Waals surface area contributed by atoms with E-state index in [1.807, 2.05) is 30.5 Å². The molecule has 4 aliphatic heterocycles. The number of rotatable bonds is 6. The molecular formula is C49H50F2N10O6. The van der Waals surface area contributed by atoms with Crippen LogP contribution in [0.3, 0.4) is 0 Å². The largest absolute Gasteiger partial charge is 0.489 e. The second kappa shape index (κ2) is 14.3. The van der Waals surface area contributed by atoms with Crippen molar-refractivity contribution >= 4 is 45.2 Å². The predicted octanol–water partition coefficient (Wildman–Crippen LogP) is 7.71. The summed E-state index contributed by atoms with van der Waals surface area (Å²) in [7, 11) is 0. The Bertz CT molecular complexity index is 3420. The van der Waals surface area contributed by atoms with Gasteiger partial charge in [0.25, 0.3) is 5.91 Å². The molecule has 0 unspecified atom stereocenters. The predicted molar refractivity (Wildman–Crippen MR) is 243 cm³/mol. The van der Waals surface area contributed by atoms with Crippen molar-refractivity contribution in [3.8, 4) is 11.4 Å². The quantitative estimate of drug-likeness (QED) is 0.176. The van der Waals surface area contributed by atoms with E-state index in [0.29, 0.717) is 64.9 Å². The van der Waals surface area contributed by atoms with Crippen LogP contribution in [0, 0.1) is 31.4 Å². The maximum Gasteiger partial charge on any atom is 0.438 e. The molecule has 12 rings (SSSR count). The number of halogens is 2. The fourth-order valence-corrected chi connectivity index (χ4v) is 11.6. The Hall–Kier alpha value is -6.82. The third kappa shape index (κ3) is 6.03. The van der Waals surface area contributed by atoms with Gasteiger partial charge in [-0.05, 0) is 113 Å². The van der Waals surface area contributed by atoms with Gasteiger partial charge in [0.05, 0.1) is 52.7 Å². The Morgan fingerprint density at radius 3 is 2.52 bits per heavy atom. The zero-order valence-electron chi connectivity index (χ0n) is 40.8. The molecule has 3 amide bonds. The smallest absolute Gasteiger partial charge is 0.438 e. The number of fused-ring (bicyclic) bond motifs is 6. The van der Waals surface area contributed by atoms with E-state index in [1.165, 1.54) is 15.9 Å². The van der Waals surface area contributed by atoms with Gasteiger partial charge in [0, 0.05) is 53.2 Å². The number of H-pyrrole nitrogens is 1. The van der Waals surface area contributed by atoms with Crippen LogP contribution < -0.4 is 20.3 Å². The summed E-state index contributed by atoms with van der Waals surface area (Å²) in [5.74, 6) is -1.37. The maximum atomic E-state index is 16.8. The molecule has 8 heterocycles. The van der Waals surface area contributed by atoms with Crippen LogP contribution in [0.2, 0.25) is 0 Å². The average Bonchev–Trinajstić information content (AvgIpc) is 3.95. The fraction of sp³-hybridized carbons (Fsp3) is 0.429. The van der Waals surface area contributed by atoms with Crippen molar-refractivity contribution in [2.75, 3.05) is 36.1 Å². The normalized spacial score (nSPS) is 25.2. The molecule has 3 fully saturated rings. The summed E-state index contributed by atoms with van der Waals surface area (Å²) in [6, 6.07) is 10.9. The first-order chi connectivity index (χ1) is 33.3. The lowest BCUT2D eigenvalue weighted by molar-refractivity contribution is -0.0592. The van der Waals surface area contributed by atoms with Crippen LogP contribution >= 0.6 is 0 Å². The molecule has 0 radical (unpaired) electrons. The summed E-state index contributed by atoms with van der Waals surface area (Å²) in [5, 5.41) is 14.0. The van der Waals surface area contributed by atoms with Crippen LogP contribution in [0.4, 0.5) is 25.1 Å². The van der Waals surface area contributed by atoms with E-state index in [9.17, 15) is 4.79 Å². The molecule has 18 heteroatoms. The zero-order valence-corrected chi connectivity index (χ0v) is 37.8. The number of anilines is 2. The highest BCUT2D eigenvalue weighted by molar-refractivity contribution is 6.10. The Morgan fingerprint density at radius 2 is 1.81 bits per heavy atom. The first-order valence-corrected chi connectivity index (χ1v) is 22.8. The van der Waals surface area contributed by atoms with Gasteiger partial charge >= 0.3 is 11.8 Å². The first-order valence-electron chi connectivity index (χ1n) is 24.3. The molecule has 4 aromatic heterocycles. The summed E-state index contributed by atoms with van der Waals surface area (Å²) in [6.45, 7) is 9.62. The van der Waals surface area contributed by atoms with Gasteiger partial charge in [-0.1, -0.05) is 18.1 Å². The Balaban J connectivity index is 0.980. The van der Waals surface area contributed by atoms with E-state index in [-0.39, 0.29) is 71.2 Å². The zero-order chi connectivity index (χ0) is 49.1. The van der Waals surface area contributed by atoms with Crippen molar-refractivity contribution in [3.63, 3.8) is 0 Å². The van der Waals surface area contributed by atoms with Crippen molar-refractivity contribution < 1.29 is 36.5 Å². The van der Waals surface area contributed by atoms with Crippen molar-refractivity contribution in [3.05, 3.63) is 110 Å². The average molecular weight is 916 g/mol. The number of carbonyl (C=O) groups excluding carboxylic acids is 2. The molecule has 5 aliphatic rings. The Kier molecular flexibility index (Phi) is 8.20. The summed E-state index contributed by atoms with van der Waals surface area (Å²) in [6.07, 6.45) is 3.70. The molecule has 67 heavy (non-hydrogen) atoms. The van der Waals surface area contributed by atoms with E-state index < -0.39 is 42.2 Å². The van der Waals surface area contributed by atoms with Crippen molar-refractivity contribution in [1.82, 2.24) is 39.2 Å². The third-order valence-electron chi connectivity index (χ3n) is 15.0. The monoisotopic (exact) mass is 915 g/mol. The molecule has 5 atom stereocenters. The van der Waals surface area contributed by atoms with E-state index in [2.05, 4.69) is 41.2 Å². The number of ether oxygens (including phenoxy) is 2. The van der Waals surface area contributed by atoms with E-state index >= 15 is 18.4 Å². The lowest BCUT2D eigenvalue weighted by Crippen LogP contribution is -2.42. The van der Waals surface area contributed by atoms with Gasteiger partial charge in [-0.2, -0.15) is 10.2 Å². The molecule has 1 N–H and O–H groups in total. The topological polar surface area (TPSA) is 162 Å². The van der Waals surface area contributed by atoms with Gasteiger partial charge in [-0.25, -0.2) is 23.1 Å². The van der Waals surface area contributed by atoms with Crippen LogP contribution in [0.1, 0.15) is 107 Å². The Morgan fingerprint density at radius 1 is 1.01 bits per heavy atom. The minimum atomic E-state index is -2.70. The molecule has 1 saturated carbocycles. The summed E-state index contributed by atoms with van der Waals surface area (Å²) in [5.41, 5.74) is 3.42. The minimum absolute atomic E-state index is 0.00907. The summed E-state index contributed by atoms with van der Waals surface area (Å²) >= 11 is 0. The number of carbonyl (C=O) groups is 2. The van der Waals surface area contributed by atoms with E-state index in [0.717, 1.165) is 40.2 Å². The van der Waals surface area contributed by atoms with E-state index in [4.69, 9.17) is 23.2 Å². The molecule has 0 bridgehead atoms. The van der Waals surface area contributed by atoms with E-state index in [1.54, 1.807) is 35.6 Å². The molecule has 16 nitrogen and oxygen atoms in total. The van der Waals surface area contributed by atoms with Crippen molar-refractivity contribution in [2.24, 2.45) is 12.9 Å². The van der Waals surface area contributed by atoms with Gasteiger partial charge < -0.3 is 18.9 Å². The minimum Gasteiger partial charge on any atom is -0.489 e. The molecule has 3 aromatic carbocycles. The van der Waals surface area contributed by atoms with Gasteiger partial charge in [-0.15, -0.1) is 0 Å². The number of amides is 3. The summed E-state index contributed by atoms with van der Waals surface area (Å²) < 4.78 is 77.4. The molecule has 0 spiro atoms. The lowest BCUT2D eigenvalue weighted by Gasteiger charge is -2.35. The molecular weight excluding hydrogens is 863 g/mol. The lowest BCUT2D eigenvalue weighted by atomic mass is 9.83. The first kappa shape index (κ1) is 38.3. The highest BCUT2D eigenvalue weighted by Crippen LogP contribution is 2.56. The van der Waals surface area contributed by atoms with Gasteiger partial charge in [-0.3, -0.25) is 28.8 Å². The third-order valence-corrected chi connectivity index (χ3v) is 15.0. The number of nitrogens with one attached hydrogen (secondary N) is 1. The highest BCUT2D eigenvalue weighted by Gasteiger charge is 2.59.